The first-order valence-electron chi connectivity index (χ1n) is 11.4. The molecule has 4 rings (SSSR count). The van der Waals surface area contributed by atoms with Crippen LogP contribution < -0.4 is 15.1 Å². The second kappa shape index (κ2) is 9.57. The number of hydrogen-bond donors (Lipinski definition) is 2. The van der Waals surface area contributed by atoms with Crippen LogP contribution in [0, 0.1) is 11.5 Å². The molecule has 162 valence electrons. The number of piperidine rings is 1. The number of rotatable bonds is 5. The summed E-state index contributed by atoms with van der Waals surface area (Å²) < 4.78 is 0. The zero-order valence-corrected chi connectivity index (χ0v) is 17.7. The lowest BCUT2D eigenvalue weighted by Gasteiger charge is -2.43. The molecule has 1 saturated heterocycles. The van der Waals surface area contributed by atoms with E-state index in [9.17, 15) is 15.2 Å². The van der Waals surface area contributed by atoms with Gasteiger partial charge in [-0.1, -0.05) is 44.2 Å². The number of nitriles is 1. The molecule has 3 aliphatic rings. The molecular formula is C23H33N5O2. The minimum absolute atomic E-state index is 0.131. The van der Waals surface area contributed by atoms with Gasteiger partial charge in [-0.15, -0.1) is 0 Å². The quantitative estimate of drug-likeness (QED) is 0.568. The molecule has 1 saturated carbocycles. The standard InChI is InChI=1S/C23H33N5O2/c24-17-25-23-27(16-22(29)30)20-10-6-7-11-21(20)28(23)19-12-14-26(15-13-19)18-8-4-2-1-3-5-9-18/h6-7,10-11,18-19,23,25H,1-5,8-9,12-16H2,(H,29,30). The number of nitrogens with zero attached hydrogens (tertiary/aromatic N) is 4. The zero-order chi connectivity index (χ0) is 20.9. The van der Waals surface area contributed by atoms with Crippen molar-refractivity contribution >= 4 is 17.3 Å². The van der Waals surface area contributed by atoms with Crippen LogP contribution in [0.15, 0.2) is 24.3 Å². The molecule has 1 atom stereocenters. The summed E-state index contributed by atoms with van der Waals surface area (Å²) in [4.78, 5) is 18.2. The molecule has 7 nitrogen and oxygen atoms in total. The van der Waals surface area contributed by atoms with E-state index in [0.717, 1.165) is 37.3 Å². The smallest absolute Gasteiger partial charge is 0.323 e. The van der Waals surface area contributed by atoms with E-state index in [2.05, 4.69) is 21.3 Å². The maximum atomic E-state index is 11.5. The Morgan fingerprint density at radius 2 is 1.63 bits per heavy atom. The monoisotopic (exact) mass is 411 g/mol. The van der Waals surface area contributed by atoms with Crippen LogP contribution in [0.1, 0.15) is 57.8 Å². The van der Waals surface area contributed by atoms with Crippen LogP contribution in [0.2, 0.25) is 0 Å². The zero-order valence-electron chi connectivity index (χ0n) is 17.7. The normalized spacial score (nSPS) is 24.0. The summed E-state index contributed by atoms with van der Waals surface area (Å²) in [5, 5.41) is 21.7. The van der Waals surface area contributed by atoms with Crippen molar-refractivity contribution in [1.29, 1.82) is 5.26 Å². The number of carboxylic acid groups (broad SMARTS) is 1. The van der Waals surface area contributed by atoms with Crippen molar-refractivity contribution in [2.75, 3.05) is 29.4 Å². The molecule has 0 radical (unpaired) electrons. The van der Waals surface area contributed by atoms with Gasteiger partial charge in [-0.25, -0.2) is 0 Å². The van der Waals surface area contributed by atoms with Gasteiger partial charge in [0.25, 0.3) is 0 Å². The van der Waals surface area contributed by atoms with Crippen molar-refractivity contribution < 1.29 is 9.90 Å². The highest BCUT2D eigenvalue weighted by Gasteiger charge is 2.41. The molecule has 0 amide bonds. The molecule has 2 heterocycles. The number of carbonyl (C=O) groups is 1. The minimum atomic E-state index is -0.893. The number of likely N-dealkylation sites (tertiary alicyclic amines) is 1. The van der Waals surface area contributed by atoms with E-state index in [0.29, 0.717) is 12.1 Å². The number of carboxylic acids is 1. The lowest BCUT2D eigenvalue weighted by atomic mass is 9.93. The van der Waals surface area contributed by atoms with Crippen molar-refractivity contribution in [1.82, 2.24) is 10.2 Å². The molecule has 1 aromatic rings. The number of nitrogens with one attached hydrogen (secondary N) is 1. The van der Waals surface area contributed by atoms with E-state index in [1.165, 1.54) is 44.9 Å². The molecule has 7 heteroatoms. The Balaban J connectivity index is 1.49. The molecule has 0 spiro atoms. The van der Waals surface area contributed by atoms with Crippen molar-refractivity contribution in [2.24, 2.45) is 0 Å². The summed E-state index contributed by atoms with van der Waals surface area (Å²) in [5.74, 6) is -0.893. The minimum Gasteiger partial charge on any atom is -0.480 e. The number of benzene rings is 1. The molecule has 2 N–H and O–H groups in total. The van der Waals surface area contributed by atoms with Crippen LogP contribution in [0.25, 0.3) is 0 Å². The first kappa shape index (κ1) is 20.8. The highest BCUT2D eigenvalue weighted by atomic mass is 16.4. The molecule has 1 aliphatic carbocycles. The summed E-state index contributed by atoms with van der Waals surface area (Å²) in [5.41, 5.74) is 1.91. The molecule has 30 heavy (non-hydrogen) atoms. The highest BCUT2D eigenvalue weighted by molar-refractivity contribution is 5.83. The summed E-state index contributed by atoms with van der Waals surface area (Å²) in [7, 11) is 0. The summed E-state index contributed by atoms with van der Waals surface area (Å²) in [6.45, 7) is 2.02. The van der Waals surface area contributed by atoms with Crippen LogP contribution in [-0.4, -0.2) is 54.0 Å². The van der Waals surface area contributed by atoms with Crippen molar-refractivity contribution in [3.05, 3.63) is 24.3 Å². The Hall–Kier alpha value is -2.46. The van der Waals surface area contributed by atoms with Crippen LogP contribution in [0.4, 0.5) is 11.4 Å². The largest absolute Gasteiger partial charge is 0.480 e. The van der Waals surface area contributed by atoms with Gasteiger partial charge in [-0.2, -0.15) is 5.26 Å². The topological polar surface area (TPSA) is 82.8 Å². The van der Waals surface area contributed by atoms with Gasteiger partial charge in [0.05, 0.1) is 11.4 Å². The van der Waals surface area contributed by atoms with E-state index < -0.39 is 12.3 Å². The van der Waals surface area contributed by atoms with Crippen LogP contribution >= 0.6 is 0 Å². The molecule has 1 aromatic carbocycles. The van der Waals surface area contributed by atoms with Gasteiger partial charge >= 0.3 is 5.97 Å². The lowest BCUT2D eigenvalue weighted by Crippen LogP contribution is -2.58. The maximum absolute atomic E-state index is 11.5. The van der Waals surface area contributed by atoms with Gasteiger partial charge in [-0.3, -0.25) is 10.1 Å². The van der Waals surface area contributed by atoms with Gasteiger partial charge in [0.15, 0.2) is 12.5 Å². The van der Waals surface area contributed by atoms with Gasteiger partial charge in [-0.05, 0) is 37.8 Å². The maximum Gasteiger partial charge on any atom is 0.323 e. The molecular weight excluding hydrogens is 378 g/mol. The Bertz CT molecular complexity index is 763. The fourth-order valence-corrected chi connectivity index (χ4v) is 5.59. The second-order valence-corrected chi connectivity index (χ2v) is 8.81. The number of hydrogen-bond acceptors (Lipinski definition) is 6. The van der Waals surface area contributed by atoms with E-state index >= 15 is 0 Å². The van der Waals surface area contributed by atoms with Gasteiger partial charge in [0.1, 0.15) is 6.54 Å². The van der Waals surface area contributed by atoms with Gasteiger partial charge in [0, 0.05) is 25.2 Å². The van der Waals surface area contributed by atoms with E-state index in [1.807, 2.05) is 24.3 Å². The molecule has 2 fully saturated rings. The first-order valence-corrected chi connectivity index (χ1v) is 11.4. The average molecular weight is 412 g/mol. The lowest BCUT2D eigenvalue weighted by molar-refractivity contribution is -0.135. The Kier molecular flexibility index (Phi) is 6.63. The fraction of sp³-hybridized carbons (Fsp3) is 0.652. The first-order chi connectivity index (χ1) is 14.7. The summed E-state index contributed by atoms with van der Waals surface area (Å²) >= 11 is 0. The number of fused-ring (bicyclic) bond motifs is 1. The third-order valence-electron chi connectivity index (χ3n) is 7.01. The molecule has 1 unspecified atom stereocenters. The van der Waals surface area contributed by atoms with Crippen molar-refractivity contribution in [2.45, 2.75) is 76.2 Å². The summed E-state index contributed by atoms with van der Waals surface area (Å²) in [6.07, 6.45) is 13.2. The Morgan fingerprint density at radius 1 is 1.00 bits per heavy atom. The number of para-hydroxylation sites is 2. The van der Waals surface area contributed by atoms with Crippen molar-refractivity contribution in [3.8, 4) is 6.19 Å². The van der Waals surface area contributed by atoms with E-state index in [-0.39, 0.29) is 6.54 Å². The third kappa shape index (κ3) is 4.34. The third-order valence-corrected chi connectivity index (χ3v) is 7.01. The van der Waals surface area contributed by atoms with E-state index in [1.54, 1.807) is 4.90 Å². The van der Waals surface area contributed by atoms with Crippen LogP contribution in [0.5, 0.6) is 0 Å². The highest BCUT2D eigenvalue weighted by Crippen LogP contribution is 2.41. The molecule has 0 aromatic heterocycles. The van der Waals surface area contributed by atoms with E-state index in [4.69, 9.17) is 0 Å². The van der Waals surface area contributed by atoms with Gasteiger partial charge < -0.3 is 19.8 Å². The predicted molar refractivity (Wildman–Crippen MR) is 117 cm³/mol. The van der Waals surface area contributed by atoms with Crippen LogP contribution in [-0.2, 0) is 4.79 Å². The molecule has 2 aliphatic heterocycles. The Morgan fingerprint density at radius 3 is 2.27 bits per heavy atom. The number of anilines is 2. The Labute approximate surface area is 179 Å². The molecule has 0 bridgehead atoms. The predicted octanol–water partition coefficient (Wildman–Crippen LogP) is 3.33. The van der Waals surface area contributed by atoms with Crippen molar-refractivity contribution in [3.63, 3.8) is 0 Å². The second-order valence-electron chi connectivity index (χ2n) is 8.81. The SMILES string of the molecule is N#CNC1N(CC(=O)O)c2ccccc2N1C1CCN(C2CCCCCCC2)CC1. The average Bonchev–Trinajstić information content (AvgIpc) is 3.01. The summed E-state index contributed by atoms with van der Waals surface area (Å²) in [6, 6.07) is 8.92. The van der Waals surface area contributed by atoms with Crippen LogP contribution in [0.3, 0.4) is 0 Å². The number of aliphatic carboxylic acids is 1. The fourth-order valence-electron chi connectivity index (χ4n) is 5.59. The van der Waals surface area contributed by atoms with Gasteiger partial charge in [0.2, 0.25) is 0 Å².